The Morgan fingerprint density at radius 3 is 2.55 bits per heavy atom. The van der Waals surface area contributed by atoms with E-state index in [1.165, 1.54) is 5.56 Å². The highest BCUT2D eigenvalue weighted by Crippen LogP contribution is 2.27. The molecular weight excluding hydrogens is 254 g/mol. The summed E-state index contributed by atoms with van der Waals surface area (Å²) >= 11 is 0. The molecule has 0 aliphatic carbocycles. The highest BCUT2D eigenvalue weighted by molar-refractivity contribution is 5.46. The van der Waals surface area contributed by atoms with Crippen molar-refractivity contribution in [3.8, 4) is 11.5 Å². The number of ether oxygens (including phenoxy) is 2. The van der Waals surface area contributed by atoms with Gasteiger partial charge in [0.15, 0.2) is 11.5 Å². The van der Waals surface area contributed by atoms with Gasteiger partial charge >= 0.3 is 0 Å². The van der Waals surface area contributed by atoms with Gasteiger partial charge in [0.1, 0.15) is 5.82 Å². The molecule has 2 rings (SSSR count). The lowest BCUT2D eigenvalue weighted by atomic mass is 10.1. The molecule has 20 heavy (non-hydrogen) atoms. The highest BCUT2D eigenvalue weighted by Gasteiger charge is 2.04. The number of nitrogens with one attached hydrogen (secondary N) is 1. The molecule has 0 radical (unpaired) electrons. The maximum absolute atomic E-state index is 5.54. The summed E-state index contributed by atoms with van der Waals surface area (Å²) in [5, 5.41) is 3.30. The Morgan fingerprint density at radius 1 is 1.10 bits per heavy atom. The number of methoxy groups -OCH3 is 2. The van der Waals surface area contributed by atoms with Crippen molar-refractivity contribution in [3.63, 3.8) is 0 Å². The van der Waals surface area contributed by atoms with Crippen LogP contribution in [0.3, 0.4) is 0 Å². The number of anilines is 2. The molecule has 1 aromatic heterocycles. The van der Waals surface area contributed by atoms with E-state index >= 15 is 0 Å². The predicted molar refractivity (Wildman–Crippen MR) is 80.4 cm³/mol. The summed E-state index contributed by atoms with van der Waals surface area (Å²) in [4.78, 5) is 4.03. The molecule has 0 spiro atoms. The van der Waals surface area contributed by atoms with Crippen molar-refractivity contribution < 1.29 is 9.47 Å². The van der Waals surface area contributed by atoms with E-state index in [2.05, 4.69) is 10.3 Å². The first-order valence-electron chi connectivity index (χ1n) is 6.39. The Kier molecular flexibility index (Phi) is 4.65. The lowest BCUT2D eigenvalue weighted by molar-refractivity contribution is 0.354. The number of nitrogen functional groups attached to an aromatic ring is 1. The number of nitrogens with two attached hydrogens (primary N) is 1. The van der Waals surface area contributed by atoms with E-state index in [0.717, 1.165) is 30.2 Å². The van der Waals surface area contributed by atoms with E-state index in [9.17, 15) is 0 Å². The molecule has 1 heterocycles. The molecular formula is C15H19N3O2. The highest BCUT2D eigenvalue weighted by atomic mass is 16.5. The number of hydrogen-bond acceptors (Lipinski definition) is 5. The molecule has 3 N–H and O–H groups in total. The number of benzene rings is 1. The Labute approximate surface area is 118 Å². The van der Waals surface area contributed by atoms with Gasteiger partial charge in [0.2, 0.25) is 0 Å². The molecule has 5 nitrogen and oxygen atoms in total. The van der Waals surface area contributed by atoms with Gasteiger partial charge in [0.25, 0.3) is 0 Å². The molecule has 5 heteroatoms. The third-order valence-corrected chi connectivity index (χ3v) is 2.98. The summed E-state index contributed by atoms with van der Waals surface area (Å²) < 4.78 is 10.5. The molecule has 0 saturated heterocycles. The zero-order chi connectivity index (χ0) is 14.4. The topological polar surface area (TPSA) is 69.4 Å². The minimum atomic E-state index is 0.524. The van der Waals surface area contributed by atoms with Gasteiger partial charge in [-0.15, -0.1) is 0 Å². The smallest absolute Gasteiger partial charge is 0.160 e. The maximum atomic E-state index is 5.54. The van der Waals surface area contributed by atoms with Crippen molar-refractivity contribution in [1.29, 1.82) is 0 Å². The SMILES string of the molecule is COc1ccc(CCNc2ccc(N)nc2)cc1OC. The first-order chi connectivity index (χ1) is 9.72. The van der Waals surface area contributed by atoms with Crippen molar-refractivity contribution >= 4 is 11.5 Å². The van der Waals surface area contributed by atoms with E-state index < -0.39 is 0 Å². The summed E-state index contributed by atoms with van der Waals surface area (Å²) in [5.41, 5.74) is 7.68. The molecule has 0 unspecified atom stereocenters. The molecule has 0 saturated carbocycles. The van der Waals surface area contributed by atoms with Crippen LogP contribution in [-0.2, 0) is 6.42 Å². The van der Waals surface area contributed by atoms with Crippen LogP contribution >= 0.6 is 0 Å². The van der Waals surface area contributed by atoms with Gasteiger partial charge in [0, 0.05) is 6.54 Å². The van der Waals surface area contributed by atoms with Crippen molar-refractivity contribution in [2.75, 3.05) is 31.8 Å². The Morgan fingerprint density at radius 2 is 1.90 bits per heavy atom. The molecule has 0 atom stereocenters. The van der Waals surface area contributed by atoms with Crippen LogP contribution in [0.5, 0.6) is 11.5 Å². The average Bonchev–Trinajstić information content (AvgIpc) is 2.49. The number of pyridine rings is 1. The van der Waals surface area contributed by atoms with Gasteiger partial charge in [-0.05, 0) is 36.2 Å². The monoisotopic (exact) mass is 273 g/mol. The molecule has 106 valence electrons. The van der Waals surface area contributed by atoms with E-state index in [0.29, 0.717) is 5.82 Å². The fourth-order valence-electron chi connectivity index (χ4n) is 1.90. The van der Waals surface area contributed by atoms with Crippen molar-refractivity contribution in [2.24, 2.45) is 0 Å². The molecule has 0 amide bonds. The number of nitrogens with zero attached hydrogens (tertiary/aromatic N) is 1. The minimum absolute atomic E-state index is 0.524. The predicted octanol–water partition coefficient (Wildman–Crippen LogP) is 2.34. The van der Waals surface area contributed by atoms with Crippen molar-refractivity contribution in [3.05, 3.63) is 42.1 Å². The van der Waals surface area contributed by atoms with Crippen LogP contribution < -0.4 is 20.5 Å². The first kappa shape index (κ1) is 14.0. The van der Waals surface area contributed by atoms with Gasteiger partial charge in [-0.3, -0.25) is 0 Å². The van der Waals surface area contributed by atoms with Crippen molar-refractivity contribution in [1.82, 2.24) is 4.98 Å². The van der Waals surface area contributed by atoms with Crippen molar-refractivity contribution in [2.45, 2.75) is 6.42 Å². The van der Waals surface area contributed by atoms with Crippen LogP contribution in [-0.4, -0.2) is 25.7 Å². The minimum Gasteiger partial charge on any atom is -0.493 e. The van der Waals surface area contributed by atoms with Crippen LogP contribution in [0, 0.1) is 0 Å². The van der Waals surface area contributed by atoms with Crippen LogP contribution in [0.2, 0.25) is 0 Å². The molecule has 1 aromatic carbocycles. The van der Waals surface area contributed by atoms with E-state index in [1.807, 2.05) is 24.3 Å². The largest absolute Gasteiger partial charge is 0.493 e. The summed E-state index contributed by atoms with van der Waals surface area (Å²) in [6.07, 6.45) is 2.61. The fourth-order valence-corrected chi connectivity index (χ4v) is 1.90. The molecule has 0 fully saturated rings. The Hall–Kier alpha value is -2.43. The summed E-state index contributed by atoms with van der Waals surface area (Å²) in [7, 11) is 3.27. The lowest BCUT2D eigenvalue weighted by Gasteiger charge is -2.10. The van der Waals surface area contributed by atoms with E-state index in [4.69, 9.17) is 15.2 Å². The number of aromatic nitrogens is 1. The second-order valence-electron chi connectivity index (χ2n) is 4.34. The summed E-state index contributed by atoms with van der Waals surface area (Å²) in [5.74, 6) is 2.02. The van der Waals surface area contributed by atoms with E-state index in [1.54, 1.807) is 26.5 Å². The first-order valence-corrected chi connectivity index (χ1v) is 6.39. The number of hydrogen-bond donors (Lipinski definition) is 2. The second-order valence-corrected chi connectivity index (χ2v) is 4.34. The zero-order valence-electron chi connectivity index (χ0n) is 11.7. The average molecular weight is 273 g/mol. The molecule has 0 aliphatic heterocycles. The van der Waals surface area contributed by atoms with Gasteiger partial charge in [-0.1, -0.05) is 6.07 Å². The van der Waals surface area contributed by atoms with Crippen LogP contribution in [0.15, 0.2) is 36.5 Å². The van der Waals surface area contributed by atoms with E-state index in [-0.39, 0.29) is 0 Å². The van der Waals surface area contributed by atoms with Crippen LogP contribution in [0.25, 0.3) is 0 Å². The summed E-state index contributed by atoms with van der Waals surface area (Å²) in [6.45, 7) is 0.807. The maximum Gasteiger partial charge on any atom is 0.160 e. The lowest BCUT2D eigenvalue weighted by Crippen LogP contribution is -2.05. The molecule has 2 aromatic rings. The standard InChI is InChI=1S/C15H19N3O2/c1-19-13-5-3-11(9-14(13)20-2)7-8-17-12-4-6-15(16)18-10-12/h3-6,9-10,17H,7-8H2,1-2H3,(H2,16,18). The van der Waals surface area contributed by atoms with Crippen LogP contribution in [0.4, 0.5) is 11.5 Å². The fraction of sp³-hybridized carbons (Fsp3) is 0.267. The molecule has 0 aliphatic rings. The Balaban J connectivity index is 1.92. The zero-order valence-corrected chi connectivity index (χ0v) is 11.7. The normalized spacial score (nSPS) is 10.1. The quantitative estimate of drug-likeness (QED) is 0.845. The van der Waals surface area contributed by atoms with Gasteiger partial charge in [-0.2, -0.15) is 0 Å². The number of rotatable bonds is 6. The third-order valence-electron chi connectivity index (χ3n) is 2.98. The Bertz CT molecular complexity index is 556. The van der Waals surface area contributed by atoms with Crippen LogP contribution in [0.1, 0.15) is 5.56 Å². The van der Waals surface area contributed by atoms with Gasteiger partial charge in [-0.25, -0.2) is 4.98 Å². The van der Waals surface area contributed by atoms with Gasteiger partial charge < -0.3 is 20.5 Å². The summed E-state index contributed by atoms with van der Waals surface area (Å²) in [6, 6.07) is 9.63. The van der Waals surface area contributed by atoms with Gasteiger partial charge in [0.05, 0.1) is 26.1 Å². The second kappa shape index (κ2) is 6.65. The molecule has 0 bridgehead atoms. The third kappa shape index (κ3) is 3.54.